The van der Waals surface area contributed by atoms with Crippen LogP contribution in [-0.4, -0.2) is 11.8 Å². The molecule has 0 bridgehead atoms. The van der Waals surface area contributed by atoms with Gasteiger partial charge in [-0.1, -0.05) is 13.3 Å². The molecule has 2 aromatic heterocycles. The molecular formula is C18H20N2O3S. The number of nitrogens with two attached hydrogens (primary N) is 1. The standard InChI is InChI=1S/C18H20N2O3S/c1-2-11-5-7-13-14(10-11)24-18(16(13)17(19)22)20-15(21)8-6-12-4-3-9-23-12/h3-4,6,8-9,11H,2,5,7,10H2,1H3,(H2,19,22)(H,20,21)/b8-6+/t11-/m0/s1. The first kappa shape index (κ1) is 16.5. The van der Waals surface area contributed by atoms with Crippen LogP contribution in [0.1, 0.15) is 46.3 Å². The summed E-state index contributed by atoms with van der Waals surface area (Å²) in [6.45, 7) is 2.18. The van der Waals surface area contributed by atoms with Crippen molar-refractivity contribution in [3.63, 3.8) is 0 Å². The van der Waals surface area contributed by atoms with Gasteiger partial charge in [-0.2, -0.15) is 0 Å². The first-order valence-corrected chi connectivity index (χ1v) is 8.87. The summed E-state index contributed by atoms with van der Waals surface area (Å²) in [5, 5.41) is 3.35. The summed E-state index contributed by atoms with van der Waals surface area (Å²) in [6, 6.07) is 3.51. The molecule has 126 valence electrons. The number of furan rings is 1. The number of hydrogen-bond donors (Lipinski definition) is 2. The maximum Gasteiger partial charge on any atom is 0.251 e. The van der Waals surface area contributed by atoms with E-state index >= 15 is 0 Å². The van der Waals surface area contributed by atoms with Gasteiger partial charge in [0, 0.05) is 11.0 Å². The highest BCUT2D eigenvalue weighted by Crippen LogP contribution is 2.40. The minimum absolute atomic E-state index is 0.306. The second kappa shape index (κ2) is 7.05. The fourth-order valence-electron chi connectivity index (χ4n) is 3.05. The topological polar surface area (TPSA) is 85.3 Å². The van der Waals surface area contributed by atoms with Gasteiger partial charge in [0.05, 0.1) is 11.8 Å². The average molecular weight is 344 g/mol. The number of carbonyl (C=O) groups excluding carboxylic acids is 2. The zero-order valence-electron chi connectivity index (χ0n) is 13.5. The normalized spacial score (nSPS) is 17.0. The molecule has 0 saturated heterocycles. The van der Waals surface area contributed by atoms with Crippen molar-refractivity contribution in [1.82, 2.24) is 0 Å². The van der Waals surface area contributed by atoms with Crippen LogP contribution in [0.25, 0.3) is 6.08 Å². The number of hydrogen-bond acceptors (Lipinski definition) is 4. The quantitative estimate of drug-likeness (QED) is 0.813. The van der Waals surface area contributed by atoms with Gasteiger partial charge in [0.15, 0.2) is 0 Å². The third kappa shape index (κ3) is 3.43. The molecule has 24 heavy (non-hydrogen) atoms. The minimum atomic E-state index is -0.479. The molecule has 1 aliphatic carbocycles. The number of primary amides is 1. The molecule has 0 fully saturated rings. The van der Waals surface area contributed by atoms with Gasteiger partial charge < -0.3 is 15.5 Å². The average Bonchev–Trinajstić information content (AvgIpc) is 3.19. The molecule has 1 atom stereocenters. The Balaban J connectivity index is 1.81. The van der Waals surface area contributed by atoms with E-state index in [4.69, 9.17) is 10.2 Å². The lowest BCUT2D eigenvalue weighted by Crippen LogP contribution is -2.19. The first-order chi connectivity index (χ1) is 11.6. The number of thiophene rings is 1. The van der Waals surface area contributed by atoms with Crippen molar-refractivity contribution in [2.45, 2.75) is 32.6 Å². The summed E-state index contributed by atoms with van der Waals surface area (Å²) in [7, 11) is 0. The third-order valence-corrected chi connectivity index (χ3v) is 5.54. The van der Waals surface area contributed by atoms with E-state index in [0.29, 0.717) is 22.2 Å². The third-order valence-electron chi connectivity index (χ3n) is 4.37. The second-order valence-corrected chi connectivity index (χ2v) is 7.03. The van der Waals surface area contributed by atoms with Gasteiger partial charge in [-0.25, -0.2) is 0 Å². The summed E-state index contributed by atoms with van der Waals surface area (Å²) >= 11 is 1.47. The molecule has 2 heterocycles. The van der Waals surface area contributed by atoms with E-state index in [0.717, 1.165) is 31.2 Å². The molecule has 3 rings (SSSR count). The summed E-state index contributed by atoms with van der Waals surface area (Å²) < 4.78 is 5.15. The van der Waals surface area contributed by atoms with Crippen LogP contribution < -0.4 is 11.1 Å². The molecule has 6 heteroatoms. The number of rotatable bonds is 5. The monoisotopic (exact) mass is 344 g/mol. The van der Waals surface area contributed by atoms with Gasteiger partial charge in [0.2, 0.25) is 5.91 Å². The van der Waals surface area contributed by atoms with Crippen LogP contribution in [0.4, 0.5) is 5.00 Å². The Morgan fingerprint density at radius 2 is 2.33 bits per heavy atom. The number of anilines is 1. The molecule has 3 N–H and O–H groups in total. The summed E-state index contributed by atoms with van der Waals surface area (Å²) in [5.74, 6) is 0.447. The van der Waals surface area contributed by atoms with Gasteiger partial charge >= 0.3 is 0 Å². The van der Waals surface area contributed by atoms with Gasteiger partial charge in [-0.15, -0.1) is 11.3 Å². The molecule has 0 saturated carbocycles. The predicted octanol–water partition coefficient (Wildman–Crippen LogP) is 3.61. The maximum absolute atomic E-state index is 12.1. The largest absolute Gasteiger partial charge is 0.465 e. The van der Waals surface area contributed by atoms with Gasteiger partial charge in [0.1, 0.15) is 10.8 Å². The van der Waals surface area contributed by atoms with E-state index in [-0.39, 0.29) is 5.91 Å². The van der Waals surface area contributed by atoms with Crippen molar-refractivity contribution in [3.8, 4) is 0 Å². The molecule has 2 aromatic rings. The van der Waals surface area contributed by atoms with Crippen molar-refractivity contribution in [3.05, 3.63) is 46.2 Å². The van der Waals surface area contributed by atoms with Crippen molar-refractivity contribution >= 4 is 34.2 Å². The molecule has 0 unspecified atom stereocenters. The molecule has 5 nitrogen and oxygen atoms in total. The molecule has 0 spiro atoms. The Morgan fingerprint density at radius 3 is 3.00 bits per heavy atom. The summed E-state index contributed by atoms with van der Waals surface area (Å²) in [4.78, 5) is 25.2. The van der Waals surface area contributed by atoms with Crippen LogP contribution >= 0.6 is 11.3 Å². The van der Waals surface area contributed by atoms with Crippen molar-refractivity contribution in [2.24, 2.45) is 11.7 Å². The van der Waals surface area contributed by atoms with Gasteiger partial charge in [-0.05, 0) is 49.0 Å². The van der Waals surface area contributed by atoms with E-state index in [1.54, 1.807) is 24.5 Å². The van der Waals surface area contributed by atoms with Crippen LogP contribution in [0.2, 0.25) is 0 Å². The van der Waals surface area contributed by atoms with Crippen LogP contribution in [-0.2, 0) is 17.6 Å². The fourth-order valence-corrected chi connectivity index (χ4v) is 4.42. The molecule has 1 aliphatic rings. The lowest BCUT2D eigenvalue weighted by molar-refractivity contribution is -0.111. The Hall–Kier alpha value is -2.34. The second-order valence-electron chi connectivity index (χ2n) is 5.93. The first-order valence-electron chi connectivity index (χ1n) is 8.05. The molecule has 0 radical (unpaired) electrons. The van der Waals surface area contributed by atoms with Crippen LogP contribution in [0, 0.1) is 5.92 Å². The van der Waals surface area contributed by atoms with Gasteiger partial charge in [0.25, 0.3) is 5.91 Å². The molecule has 2 amide bonds. The highest BCUT2D eigenvalue weighted by Gasteiger charge is 2.27. The fraction of sp³-hybridized carbons (Fsp3) is 0.333. The number of nitrogens with one attached hydrogen (secondary N) is 1. The highest BCUT2D eigenvalue weighted by atomic mass is 32.1. The smallest absolute Gasteiger partial charge is 0.251 e. The summed E-state index contributed by atoms with van der Waals surface area (Å²) in [6.07, 6.45) is 8.50. The Morgan fingerprint density at radius 1 is 1.50 bits per heavy atom. The zero-order valence-corrected chi connectivity index (χ0v) is 14.3. The molecular weight excluding hydrogens is 324 g/mol. The van der Waals surface area contributed by atoms with E-state index < -0.39 is 5.91 Å². The minimum Gasteiger partial charge on any atom is -0.465 e. The number of fused-ring (bicyclic) bond motifs is 1. The Labute approximate surface area is 144 Å². The Kier molecular flexibility index (Phi) is 4.85. The highest BCUT2D eigenvalue weighted by molar-refractivity contribution is 7.17. The molecule has 0 aliphatic heterocycles. The van der Waals surface area contributed by atoms with Crippen molar-refractivity contribution in [1.29, 1.82) is 0 Å². The summed E-state index contributed by atoms with van der Waals surface area (Å²) in [5.41, 5.74) is 7.05. The van der Waals surface area contributed by atoms with E-state index in [2.05, 4.69) is 12.2 Å². The molecule has 0 aromatic carbocycles. The lowest BCUT2D eigenvalue weighted by Gasteiger charge is -2.20. The van der Waals surface area contributed by atoms with Gasteiger partial charge in [-0.3, -0.25) is 9.59 Å². The van der Waals surface area contributed by atoms with Crippen LogP contribution in [0.5, 0.6) is 0 Å². The predicted molar refractivity (Wildman–Crippen MR) is 95.0 cm³/mol. The van der Waals surface area contributed by atoms with Crippen LogP contribution in [0.3, 0.4) is 0 Å². The number of amides is 2. The Bertz CT molecular complexity index is 775. The van der Waals surface area contributed by atoms with Crippen molar-refractivity contribution in [2.75, 3.05) is 5.32 Å². The van der Waals surface area contributed by atoms with E-state index in [1.807, 2.05) is 0 Å². The van der Waals surface area contributed by atoms with Crippen LogP contribution in [0.15, 0.2) is 28.9 Å². The van der Waals surface area contributed by atoms with E-state index in [9.17, 15) is 9.59 Å². The maximum atomic E-state index is 12.1. The SMILES string of the molecule is CC[C@H]1CCc2c(sc(NC(=O)/C=C/c3ccco3)c2C(N)=O)C1. The lowest BCUT2D eigenvalue weighted by atomic mass is 9.85. The van der Waals surface area contributed by atoms with Crippen molar-refractivity contribution < 1.29 is 14.0 Å². The zero-order chi connectivity index (χ0) is 17.1. The van der Waals surface area contributed by atoms with E-state index in [1.165, 1.54) is 22.3 Å². The number of carbonyl (C=O) groups is 2.